The molecule has 3 nitrogen and oxygen atoms in total. The van der Waals surface area contributed by atoms with Crippen molar-refractivity contribution >= 4 is 5.97 Å². The molecule has 114 valence electrons. The summed E-state index contributed by atoms with van der Waals surface area (Å²) in [6.45, 7) is 2.22. The van der Waals surface area contributed by atoms with Gasteiger partial charge in [0.05, 0.1) is 13.2 Å². The first kappa shape index (κ1) is 18.4. The zero-order valence-corrected chi connectivity index (χ0v) is 12.8. The van der Waals surface area contributed by atoms with Crippen LogP contribution in [0, 0.1) is 0 Å². The quantitative estimate of drug-likeness (QED) is 0.403. The molecule has 0 amide bonds. The monoisotopic (exact) mass is 272 g/mol. The molecule has 0 fully saturated rings. The van der Waals surface area contributed by atoms with Crippen molar-refractivity contribution in [3.05, 3.63) is 0 Å². The van der Waals surface area contributed by atoms with Crippen molar-refractivity contribution in [3.63, 3.8) is 0 Å². The number of hydrogen-bond acceptors (Lipinski definition) is 3. The van der Waals surface area contributed by atoms with Gasteiger partial charge in [0.1, 0.15) is 0 Å². The summed E-state index contributed by atoms with van der Waals surface area (Å²) in [6, 6.07) is 0. The number of aliphatic hydroxyl groups is 1. The van der Waals surface area contributed by atoms with Crippen molar-refractivity contribution in [1.29, 1.82) is 0 Å². The molecule has 1 N–H and O–H groups in total. The van der Waals surface area contributed by atoms with Crippen LogP contribution in [0.5, 0.6) is 0 Å². The maximum absolute atomic E-state index is 10.9. The molecular weight excluding hydrogens is 240 g/mol. The molecule has 1 atom stereocenters. The molecule has 0 spiro atoms. The Balaban J connectivity index is 3.20. The van der Waals surface area contributed by atoms with Gasteiger partial charge in [0.15, 0.2) is 0 Å². The number of carbonyl (C=O) groups is 1. The van der Waals surface area contributed by atoms with E-state index in [0.29, 0.717) is 6.42 Å². The van der Waals surface area contributed by atoms with Gasteiger partial charge < -0.3 is 9.84 Å². The molecule has 0 aromatic heterocycles. The van der Waals surface area contributed by atoms with Gasteiger partial charge in [-0.2, -0.15) is 0 Å². The highest BCUT2D eigenvalue weighted by atomic mass is 16.5. The Bertz CT molecular complexity index is 204. The van der Waals surface area contributed by atoms with E-state index in [-0.39, 0.29) is 12.1 Å². The maximum Gasteiger partial charge on any atom is 0.305 e. The van der Waals surface area contributed by atoms with Crippen molar-refractivity contribution in [2.45, 2.75) is 90.1 Å². The Morgan fingerprint density at radius 2 is 1.47 bits per heavy atom. The lowest BCUT2D eigenvalue weighted by Crippen LogP contribution is -2.06. The molecule has 0 bridgehead atoms. The second-order valence-corrected chi connectivity index (χ2v) is 5.39. The van der Waals surface area contributed by atoms with Gasteiger partial charge in [0.2, 0.25) is 0 Å². The van der Waals surface area contributed by atoms with Crippen LogP contribution >= 0.6 is 0 Å². The molecule has 0 saturated carbocycles. The van der Waals surface area contributed by atoms with E-state index >= 15 is 0 Å². The lowest BCUT2D eigenvalue weighted by atomic mass is 10.0. The fourth-order valence-electron chi connectivity index (χ4n) is 2.23. The van der Waals surface area contributed by atoms with Gasteiger partial charge in [0.25, 0.3) is 0 Å². The minimum absolute atomic E-state index is 0.118. The molecule has 0 radical (unpaired) electrons. The first-order valence-corrected chi connectivity index (χ1v) is 7.95. The number of esters is 1. The molecule has 0 heterocycles. The minimum atomic E-state index is -0.123. The molecular formula is C16H32O3. The third-order valence-electron chi connectivity index (χ3n) is 3.54. The SMILES string of the molecule is CCCCCCCC(O)CCCCCCC(=O)OC. The number of rotatable bonds is 13. The zero-order valence-electron chi connectivity index (χ0n) is 12.8. The average Bonchev–Trinajstić information content (AvgIpc) is 2.42. The lowest BCUT2D eigenvalue weighted by molar-refractivity contribution is -0.140. The third kappa shape index (κ3) is 13.7. The fourth-order valence-corrected chi connectivity index (χ4v) is 2.23. The predicted octanol–water partition coefficient (Wildman–Crippen LogP) is 4.22. The van der Waals surface area contributed by atoms with Crippen LogP contribution < -0.4 is 0 Å². The van der Waals surface area contributed by atoms with Crippen molar-refractivity contribution in [2.75, 3.05) is 7.11 Å². The Morgan fingerprint density at radius 1 is 0.947 bits per heavy atom. The van der Waals surface area contributed by atoms with Gasteiger partial charge in [-0.25, -0.2) is 0 Å². The minimum Gasteiger partial charge on any atom is -0.469 e. The summed E-state index contributed by atoms with van der Waals surface area (Å²) in [4.78, 5) is 10.9. The smallest absolute Gasteiger partial charge is 0.305 e. The Hall–Kier alpha value is -0.570. The molecule has 19 heavy (non-hydrogen) atoms. The number of methoxy groups -OCH3 is 1. The van der Waals surface area contributed by atoms with E-state index in [4.69, 9.17) is 0 Å². The van der Waals surface area contributed by atoms with Crippen LogP contribution in [0.2, 0.25) is 0 Å². The van der Waals surface area contributed by atoms with Crippen LogP contribution in [-0.4, -0.2) is 24.3 Å². The largest absolute Gasteiger partial charge is 0.469 e. The summed E-state index contributed by atoms with van der Waals surface area (Å²) >= 11 is 0. The fraction of sp³-hybridized carbons (Fsp3) is 0.938. The summed E-state index contributed by atoms with van der Waals surface area (Å²) in [5.74, 6) is -0.118. The number of carbonyl (C=O) groups excluding carboxylic acids is 1. The number of unbranched alkanes of at least 4 members (excludes halogenated alkanes) is 7. The second-order valence-electron chi connectivity index (χ2n) is 5.39. The van der Waals surface area contributed by atoms with Crippen LogP contribution in [0.3, 0.4) is 0 Å². The summed E-state index contributed by atoms with van der Waals surface area (Å²) in [7, 11) is 1.43. The lowest BCUT2D eigenvalue weighted by Gasteiger charge is -2.10. The van der Waals surface area contributed by atoms with Crippen molar-refractivity contribution in [3.8, 4) is 0 Å². The summed E-state index contributed by atoms with van der Waals surface area (Å²) in [5.41, 5.74) is 0. The van der Waals surface area contributed by atoms with Crippen LogP contribution in [-0.2, 0) is 9.53 Å². The molecule has 0 aliphatic heterocycles. The average molecular weight is 272 g/mol. The van der Waals surface area contributed by atoms with E-state index in [1.165, 1.54) is 32.8 Å². The number of ether oxygens (including phenoxy) is 1. The van der Waals surface area contributed by atoms with Gasteiger partial charge >= 0.3 is 5.97 Å². The summed E-state index contributed by atoms with van der Waals surface area (Å²) < 4.78 is 4.59. The van der Waals surface area contributed by atoms with E-state index in [1.54, 1.807) is 0 Å². The molecule has 0 aromatic rings. The van der Waals surface area contributed by atoms with Crippen molar-refractivity contribution < 1.29 is 14.6 Å². The predicted molar refractivity (Wildman–Crippen MR) is 79.1 cm³/mol. The maximum atomic E-state index is 10.9. The van der Waals surface area contributed by atoms with Gasteiger partial charge in [-0.3, -0.25) is 4.79 Å². The molecule has 1 unspecified atom stereocenters. The van der Waals surface area contributed by atoms with Gasteiger partial charge in [0, 0.05) is 6.42 Å². The normalized spacial score (nSPS) is 12.4. The van der Waals surface area contributed by atoms with Gasteiger partial charge in [-0.05, 0) is 19.3 Å². The molecule has 0 saturated heterocycles. The van der Waals surface area contributed by atoms with E-state index in [0.717, 1.165) is 44.9 Å². The highest BCUT2D eigenvalue weighted by molar-refractivity contribution is 5.68. The van der Waals surface area contributed by atoms with Crippen LogP contribution in [0.1, 0.15) is 84.0 Å². The first-order valence-electron chi connectivity index (χ1n) is 7.95. The molecule has 0 aromatic carbocycles. The topological polar surface area (TPSA) is 46.5 Å². The van der Waals surface area contributed by atoms with Crippen LogP contribution in [0.15, 0.2) is 0 Å². The van der Waals surface area contributed by atoms with Gasteiger partial charge in [-0.15, -0.1) is 0 Å². The second kappa shape index (κ2) is 13.9. The Labute approximate surface area is 118 Å². The third-order valence-corrected chi connectivity index (χ3v) is 3.54. The van der Waals surface area contributed by atoms with E-state index in [9.17, 15) is 9.90 Å². The first-order chi connectivity index (χ1) is 9.20. The molecule has 0 aliphatic rings. The standard InChI is InChI=1S/C16H32O3/c1-3-4-5-6-9-12-15(17)13-10-7-8-11-14-16(18)19-2/h15,17H,3-14H2,1-2H3. The highest BCUT2D eigenvalue weighted by Gasteiger charge is 2.04. The van der Waals surface area contributed by atoms with E-state index < -0.39 is 0 Å². The molecule has 0 aliphatic carbocycles. The van der Waals surface area contributed by atoms with Crippen LogP contribution in [0.4, 0.5) is 0 Å². The highest BCUT2D eigenvalue weighted by Crippen LogP contribution is 2.13. The number of aliphatic hydroxyl groups excluding tert-OH is 1. The van der Waals surface area contributed by atoms with E-state index in [2.05, 4.69) is 11.7 Å². The van der Waals surface area contributed by atoms with Gasteiger partial charge in [-0.1, -0.05) is 58.3 Å². The molecule has 0 rings (SSSR count). The number of hydrogen-bond donors (Lipinski definition) is 1. The van der Waals surface area contributed by atoms with E-state index in [1.807, 2.05) is 0 Å². The summed E-state index contributed by atoms with van der Waals surface area (Å²) in [5, 5.41) is 9.81. The summed E-state index contributed by atoms with van der Waals surface area (Å²) in [6.07, 6.45) is 12.7. The Kier molecular flexibility index (Phi) is 13.4. The zero-order chi connectivity index (χ0) is 14.3. The van der Waals surface area contributed by atoms with Crippen LogP contribution in [0.25, 0.3) is 0 Å². The van der Waals surface area contributed by atoms with Crippen molar-refractivity contribution in [2.24, 2.45) is 0 Å². The molecule has 3 heteroatoms. The Morgan fingerprint density at radius 3 is 2.00 bits per heavy atom. The van der Waals surface area contributed by atoms with Crippen molar-refractivity contribution in [1.82, 2.24) is 0 Å².